The maximum absolute atomic E-state index is 12.6. The van der Waals surface area contributed by atoms with Crippen LogP contribution in [-0.2, 0) is 15.8 Å². The number of amides is 2. The monoisotopic (exact) mass is 428 g/mol. The lowest BCUT2D eigenvalue weighted by molar-refractivity contribution is -0.137. The molecule has 0 atom stereocenters. The summed E-state index contributed by atoms with van der Waals surface area (Å²) in [5.41, 5.74) is 3.90. The average molecular weight is 428 g/mol. The zero-order valence-electron chi connectivity index (χ0n) is 15.7. The van der Waals surface area contributed by atoms with Crippen molar-refractivity contribution < 1.29 is 32.3 Å². The van der Waals surface area contributed by atoms with E-state index in [1.807, 2.05) is 13.8 Å². The molecular formula is C19H19F3N2O4S. The third kappa shape index (κ3) is 6.90. The summed E-state index contributed by atoms with van der Waals surface area (Å²) >= 11 is 1.50. The number of ketones is 1. The molecule has 0 aliphatic carbocycles. The van der Waals surface area contributed by atoms with Crippen LogP contribution in [0.3, 0.4) is 0 Å². The summed E-state index contributed by atoms with van der Waals surface area (Å²) in [6.45, 7) is 3.13. The van der Waals surface area contributed by atoms with Crippen LogP contribution in [0.1, 0.15) is 38.5 Å². The molecule has 0 radical (unpaired) electrons. The van der Waals surface area contributed by atoms with E-state index in [4.69, 9.17) is 4.74 Å². The highest BCUT2D eigenvalue weighted by atomic mass is 32.1. The molecule has 2 aromatic rings. The van der Waals surface area contributed by atoms with Crippen LogP contribution < -0.4 is 15.6 Å². The van der Waals surface area contributed by atoms with Crippen LogP contribution in [-0.4, -0.2) is 24.2 Å². The van der Waals surface area contributed by atoms with Gasteiger partial charge in [-0.1, -0.05) is 6.07 Å². The highest BCUT2D eigenvalue weighted by Crippen LogP contribution is 2.31. The quantitative estimate of drug-likeness (QED) is 0.522. The van der Waals surface area contributed by atoms with Gasteiger partial charge in [-0.25, -0.2) is 0 Å². The van der Waals surface area contributed by atoms with E-state index in [0.29, 0.717) is 5.56 Å². The fourth-order valence-electron chi connectivity index (χ4n) is 2.42. The van der Waals surface area contributed by atoms with Gasteiger partial charge in [-0.05, 0) is 38.1 Å². The molecule has 0 bridgehead atoms. The summed E-state index contributed by atoms with van der Waals surface area (Å²) < 4.78 is 42.9. The van der Waals surface area contributed by atoms with E-state index in [0.717, 1.165) is 28.0 Å². The van der Waals surface area contributed by atoms with Crippen molar-refractivity contribution in [1.82, 2.24) is 10.9 Å². The maximum atomic E-state index is 12.6. The van der Waals surface area contributed by atoms with Crippen LogP contribution in [0.15, 0.2) is 30.3 Å². The Labute approximate surface area is 169 Å². The first-order valence-electron chi connectivity index (χ1n) is 8.54. The van der Waals surface area contributed by atoms with Gasteiger partial charge in [-0.3, -0.25) is 25.2 Å². The van der Waals surface area contributed by atoms with Crippen LogP contribution in [0.25, 0.3) is 0 Å². The van der Waals surface area contributed by atoms with E-state index < -0.39 is 30.2 Å². The van der Waals surface area contributed by atoms with Gasteiger partial charge in [0.2, 0.25) is 5.91 Å². The molecule has 1 aromatic carbocycles. The zero-order valence-corrected chi connectivity index (χ0v) is 16.5. The Balaban J connectivity index is 1.73. The number of aryl methyl sites for hydroxylation is 2. The minimum absolute atomic E-state index is 0.0144. The molecule has 29 heavy (non-hydrogen) atoms. The number of nitrogens with one attached hydrogen (secondary N) is 2. The number of Topliss-reactive ketones (excluding diaryl/α,β-unsaturated/α-hetero) is 1. The van der Waals surface area contributed by atoms with Crippen molar-refractivity contribution in [2.24, 2.45) is 0 Å². The predicted molar refractivity (Wildman–Crippen MR) is 101 cm³/mol. The van der Waals surface area contributed by atoms with E-state index in [-0.39, 0.29) is 24.4 Å². The lowest BCUT2D eigenvalue weighted by atomic mass is 10.1. The molecule has 2 rings (SSSR count). The number of hydrazine groups is 1. The number of ether oxygens (including phenoxy) is 1. The third-order valence-corrected chi connectivity index (χ3v) is 4.76. The van der Waals surface area contributed by atoms with Gasteiger partial charge >= 0.3 is 6.18 Å². The number of halogens is 3. The van der Waals surface area contributed by atoms with Gasteiger partial charge in [0, 0.05) is 28.2 Å². The molecule has 6 nitrogen and oxygen atoms in total. The summed E-state index contributed by atoms with van der Waals surface area (Å²) in [7, 11) is 0. The first kappa shape index (κ1) is 22.4. The molecule has 0 aliphatic heterocycles. The summed E-state index contributed by atoms with van der Waals surface area (Å²) in [6.07, 6.45) is -4.66. The molecule has 1 heterocycles. The minimum atomic E-state index is -4.52. The number of alkyl halides is 3. The van der Waals surface area contributed by atoms with Gasteiger partial charge in [0.05, 0.1) is 5.56 Å². The number of rotatable bonds is 7. The van der Waals surface area contributed by atoms with Crippen LogP contribution in [0.4, 0.5) is 13.2 Å². The maximum Gasteiger partial charge on any atom is 0.416 e. The van der Waals surface area contributed by atoms with Gasteiger partial charge < -0.3 is 4.74 Å². The van der Waals surface area contributed by atoms with Crippen molar-refractivity contribution in [3.05, 3.63) is 51.2 Å². The first-order chi connectivity index (χ1) is 13.6. The number of hydrogen-bond donors (Lipinski definition) is 2. The summed E-state index contributed by atoms with van der Waals surface area (Å²) in [4.78, 5) is 37.4. The van der Waals surface area contributed by atoms with Crippen molar-refractivity contribution >= 4 is 28.9 Å². The molecule has 1 aromatic heterocycles. The standard InChI is InChI=1S/C19H19F3N2O4S/c1-11-8-15(12(2)29-11)16(25)6-7-17(26)23-24-18(27)10-28-14-5-3-4-13(9-14)19(20,21)22/h3-5,8-9H,6-7,10H2,1-2H3,(H,23,26)(H,24,27). The van der Waals surface area contributed by atoms with E-state index in [1.54, 1.807) is 6.07 Å². The van der Waals surface area contributed by atoms with Crippen molar-refractivity contribution in [3.8, 4) is 5.75 Å². The molecule has 2 N–H and O–H groups in total. The molecule has 0 spiro atoms. The second-order valence-corrected chi connectivity index (χ2v) is 7.62. The molecule has 0 unspecified atom stereocenters. The van der Waals surface area contributed by atoms with Gasteiger partial charge in [0.15, 0.2) is 12.4 Å². The average Bonchev–Trinajstić information content (AvgIpc) is 3.00. The van der Waals surface area contributed by atoms with Crippen LogP contribution in [0.2, 0.25) is 0 Å². The largest absolute Gasteiger partial charge is 0.484 e. The van der Waals surface area contributed by atoms with Crippen molar-refractivity contribution in [2.45, 2.75) is 32.9 Å². The predicted octanol–water partition coefficient (Wildman–Crippen LogP) is 3.57. The number of benzene rings is 1. The Kier molecular flexibility index (Phi) is 7.38. The van der Waals surface area contributed by atoms with Gasteiger partial charge in [-0.15, -0.1) is 11.3 Å². The lowest BCUT2D eigenvalue weighted by Crippen LogP contribution is -2.43. The Morgan fingerprint density at radius 2 is 1.72 bits per heavy atom. The Morgan fingerprint density at radius 1 is 1.03 bits per heavy atom. The first-order valence-corrected chi connectivity index (χ1v) is 9.36. The number of thiophene rings is 1. The van der Waals surface area contributed by atoms with Crippen molar-refractivity contribution in [2.75, 3.05) is 6.61 Å². The second-order valence-electron chi connectivity index (χ2n) is 6.16. The van der Waals surface area contributed by atoms with Gasteiger partial charge in [0.25, 0.3) is 5.91 Å². The highest BCUT2D eigenvalue weighted by molar-refractivity contribution is 7.12. The summed E-state index contributed by atoms with van der Waals surface area (Å²) in [5.74, 6) is -1.63. The van der Waals surface area contributed by atoms with E-state index in [2.05, 4.69) is 10.9 Å². The number of carbonyl (C=O) groups is 3. The summed E-state index contributed by atoms with van der Waals surface area (Å²) in [6, 6.07) is 5.86. The summed E-state index contributed by atoms with van der Waals surface area (Å²) in [5, 5.41) is 0. The van der Waals surface area contributed by atoms with E-state index in [1.165, 1.54) is 17.4 Å². The Hall–Kier alpha value is -2.88. The lowest BCUT2D eigenvalue weighted by Gasteiger charge is -2.11. The minimum Gasteiger partial charge on any atom is -0.484 e. The molecule has 2 amide bonds. The molecular weight excluding hydrogens is 409 g/mol. The topological polar surface area (TPSA) is 84.5 Å². The second kappa shape index (κ2) is 9.55. The highest BCUT2D eigenvalue weighted by Gasteiger charge is 2.30. The fourth-order valence-corrected chi connectivity index (χ4v) is 3.36. The smallest absolute Gasteiger partial charge is 0.416 e. The third-order valence-electron chi connectivity index (χ3n) is 3.79. The normalized spacial score (nSPS) is 11.1. The molecule has 0 saturated carbocycles. The van der Waals surface area contributed by atoms with E-state index >= 15 is 0 Å². The Morgan fingerprint density at radius 3 is 2.34 bits per heavy atom. The van der Waals surface area contributed by atoms with Crippen LogP contribution in [0, 0.1) is 13.8 Å². The van der Waals surface area contributed by atoms with Crippen LogP contribution in [0.5, 0.6) is 5.75 Å². The SMILES string of the molecule is Cc1cc(C(=O)CCC(=O)NNC(=O)COc2cccc(C(F)(F)F)c2)c(C)s1. The van der Waals surface area contributed by atoms with Gasteiger partial charge in [0.1, 0.15) is 5.75 Å². The molecule has 0 saturated heterocycles. The van der Waals surface area contributed by atoms with Crippen molar-refractivity contribution in [1.29, 1.82) is 0 Å². The van der Waals surface area contributed by atoms with E-state index in [9.17, 15) is 27.6 Å². The molecule has 0 fully saturated rings. The van der Waals surface area contributed by atoms with Crippen molar-refractivity contribution in [3.63, 3.8) is 0 Å². The van der Waals surface area contributed by atoms with Gasteiger partial charge in [-0.2, -0.15) is 13.2 Å². The van der Waals surface area contributed by atoms with Crippen LogP contribution >= 0.6 is 11.3 Å². The molecule has 156 valence electrons. The fraction of sp³-hybridized carbons (Fsp3) is 0.316. The number of carbonyl (C=O) groups excluding carboxylic acids is 3. The Bertz CT molecular complexity index is 909. The molecule has 0 aliphatic rings. The number of hydrogen-bond acceptors (Lipinski definition) is 5. The molecule has 10 heteroatoms. The zero-order chi connectivity index (χ0) is 21.6.